The fourth-order valence-electron chi connectivity index (χ4n) is 2.91. The van der Waals surface area contributed by atoms with E-state index in [4.69, 9.17) is 0 Å². The molecule has 2 aromatic rings. The summed E-state index contributed by atoms with van der Waals surface area (Å²) in [7, 11) is 0. The molecule has 0 unspecified atom stereocenters. The summed E-state index contributed by atoms with van der Waals surface area (Å²) in [6.45, 7) is 4.57. The van der Waals surface area contributed by atoms with Crippen molar-refractivity contribution in [2.75, 3.05) is 13.1 Å². The molecule has 0 radical (unpaired) electrons. The molecule has 0 saturated carbocycles. The predicted octanol–water partition coefficient (Wildman–Crippen LogP) is 3.18. The molecule has 3 rings (SSSR count). The maximum absolute atomic E-state index is 10.2. The summed E-state index contributed by atoms with van der Waals surface area (Å²) >= 11 is 0. The number of fused-ring (bicyclic) bond motifs is 1. The van der Waals surface area contributed by atoms with Gasteiger partial charge in [0.05, 0.1) is 6.10 Å². The summed E-state index contributed by atoms with van der Waals surface area (Å²) in [5.41, 5.74) is 3.63. The topological polar surface area (TPSA) is 35.5 Å². The van der Waals surface area contributed by atoms with Crippen LogP contribution in [0.2, 0.25) is 0 Å². The minimum atomic E-state index is -0.457. The number of nitrogens with zero attached hydrogens (tertiary/aromatic N) is 1. The van der Waals surface area contributed by atoms with Crippen LogP contribution in [-0.2, 0) is 6.54 Å². The minimum Gasteiger partial charge on any atom is -0.387 e. The van der Waals surface area contributed by atoms with E-state index in [0.29, 0.717) is 12.6 Å². The van der Waals surface area contributed by atoms with Gasteiger partial charge in [0.2, 0.25) is 0 Å². The van der Waals surface area contributed by atoms with Gasteiger partial charge in [-0.15, -0.1) is 0 Å². The highest BCUT2D eigenvalue weighted by atomic mass is 16.3. The molecule has 0 bridgehead atoms. The molecular weight excluding hydrogens is 284 g/mol. The summed E-state index contributed by atoms with van der Waals surface area (Å²) in [6.07, 6.45) is 3.89. The Morgan fingerprint density at radius 1 is 1.04 bits per heavy atom. The Hall–Kier alpha value is -2.10. The number of aliphatic hydroxyl groups excluding tert-OH is 1. The normalized spacial score (nSPS) is 16.0. The third-order valence-corrected chi connectivity index (χ3v) is 4.38. The molecule has 2 aromatic carbocycles. The lowest BCUT2D eigenvalue weighted by Crippen LogP contribution is -2.39. The monoisotopic (exact) mass is 308 g/mol. The van der Waals surface area contributed by atoms with E-state index in [0.717, 1.165) is 18.7 Å². The predicted molar refractivity (Wildman–Crippen MR) is 94.8 cm³/mol. The smallest absolute Gasteiger partial charge is 0.0914 e. The average molecular weight is 308 g/mol. The zero-order valence-corrected chi connectivity index (χ0v) is 13.5. The Kier molecular flexibility index (Phi) is 5.11. The molecule has 23 heavy (non-hydrogen) atoms. The van der Waals surface area contributed by atoms with E-state index in [9.17, 15) is 5.11 Å². The molecule has 0 aromatic heterocycles. The lowest BCUT2D eigenvalue weighted by atomic mass is 10.0. The van der Waals surface area contributed by atoms with Crippen molar-refractivity contribution in [3.05, 3.63) is 77.5 Å². The number of nitrogens with one attached hydrogen (secondary N) is 1. The number of hydrogen-bond donors (Lipinski definition) is 2. The van der Waals surface area contributed by atoms with Crippen LogP contribution in [0.1, 0.15) is 29.7 Å². The summed E-state index contributed by atoms with van der Waals surface area (Å²) in [5.74, 6) is 0. The molecule has 2 N–H and O–H groups in total. The summed E-state index contributed by atoms with van der Waals surface area (Å²) in [4.78, 5) is 2.34. The van der Waals surface area contributed by atoms with Crippen LogP contribution in [0, 0.1) is 0 Å². The zero-order valence-electron chi connectivity index (χ0n) is 13.5. The van der Waals surface area contributed by atoms with Crippen LogP contribution in [0.25, 0.3) is 6.08 Å². The van der Waals surface area contributed by atoms with Gasteiger partial charge in [-0.2, -0.15) is 0 Å². The SMILES string of the molecule is C[C@H](CNC[C@H](O)c1ccccc1)N1C=Cc2ccccc2C1. The second-order valence-corrected chi connectivity index (χ2v) is 6.12. The van der Waals surface area contributed by atoms with E-state index in [2.05, 4.69) is 53.7 Å². The number of hydrogen-bond acceptors (Lipinski definition) is 3. The maximum atomic E-state index is 10.2. The Morgan fingerprint density at radius 3 is 2.61 bits per heavy atom. The summed E-state index contributed by atoms with van der Waals surface area (Å²) in [6, 6.07) is 18.7. The van der Waals surface area contributed by atoms with Crippen molar-refractivity contribution in [1.29, 1.82) is 0 Å². The van der Waals surface area contributed by atoms with Gasteiger partial charge in [0.15, 0.2) is 0 Å². The number of rotatable bonds is 6. The van der Waals surface area contributed by atoms with Crippen molar-refractivity contribution >= 4 is 6.08 Å². The lowest BCUT2D eigenvalue weighted by Gasteiger charge is -2.31. The maximum Gasteiger partial charge on any atom is 0.0914 e. The van der Waals surface area contributed by atoms with E-state index in [1.165, 1.54) is 11.1 Å². The first-order chi connectivity index (χ1) is 11.2. The second kappa shape index (κ2) is 7.44. The zero-order chi connectivity index (χ0) is 16.1. The van der Waals surface area contributed by atoms with E-state index < -0.39 is 6.10 Å². The van der Waals surface area contributed by atoms with Crippen LogP contribution >= 0.6 is 0 Å². The van der Waals surface area contributed by atoms with Crippen molar-refractivity contribution in [3.63, 3.8) is 0 Å². The first-order valence-electron chi connectivity index (χ1n) is 8.19. The van der Waals surface area contributed by atoms with Gasteiger partial charge in [-0.25, -0.2) is 0 Å². The molecule has 0 saturated heterocycles. The third kappa shape index (κ3) is 4.01. The van der Waals surface area contributed by atoms with E-state index in [-0.39, 0.29) is 0 Å². The molecule has 0 spiro atoms. The van der Waals surface area contributed by atoms with Crippen LogP contribution in [0.5, 0.6) is 0 Å². The highest BCUT2D eigenvalue weighted by molar-refractivity contribution is 5.55. The standard InChI is InChI=1S/C20H24N2O/c1-16(13-21-14-20(23)18-8-3-2-4-9-18)22-12-11-17-7-5-6-10-19(17)15-22/h2-12,16,20-21,23H,13-15H2,1H3/t16-,20+/m1/s1. The molecule has 0 aliphatic carbocycles. The molecule has 0 amide bonds. The van der Waals surface area contributed by atoms with Gasteiger partial charge < -0.3 is 15.3 Å². The van der Waals surface area contributed by atoms with Gasteiger partial charge in [0.25, 0.3) is 0 Å². The molecule has 1 aliphatic heterocycles. The largest absolute Gasteiger partial charge is 0.387 e. The second-order valence-electron chi connectivity index (χ2n) is 6.12. The molecule has 120 valence electrons. The summed E-state index contributed by atoms with van der Waals surface area (Å²) in [5, 5.41) is 13.6. The van der Waals surface area contributed by atoms with Crippen LogP contribution < -0.4 is 5.32 Å². The Morgan fingerprint density at radius 2 is 1.78 bits per heavy atom. The molecule has 1 heterocycles. The van der Waals surface area contributed by atoms with Gasteiger partial charge in [0, 0.05) is 31.9 Å². The van der Waals surface area contributed by atoms with E-state index in [1.54, 1.807) is 0 Å². The van der Waals surface area contributed by atoms with Crippen LogP contribution in [0.3, 0.4) is 0 Å². The molecular formula is C20H24N2O. The third-order valence-electron chi connectivity index (χ3n) is 4.38. The fraction of sp³-hybridized carbons (Fsp3) is 0.300. The molecule has 3 nitrogen and oxygen atoms in total. The van der Waals surface area contributed by atoms with Crippen molar-refractivity contribution in [2.45, 2.75) is 25.6 Å². The number of aliphatic hydroxyl groups is 1. The molecule has 1 aliphatic rings. The van der Waals surface area contributed by atoms with Gasteiger partial charge in [-0.3, -0.25) is 0 Å². The highest BCUT2D eigenvalue weighted by Gasteiger charge is 2.15. The highest BCUT2D eigenvalue weighted by Crippen LogP contribution is 2.20. The van der Waals surface area contributed by atoms with Crippen LogP contribution in [0.4, 0.5) is 0 Å². The molecule has 3 heteroatoms. The first-order valence-corrected chi connectivity index (χ1v) is 8.19. The van der Waals surface area contributed by atoms with E-state index in [1.807, 2.05) is 30.3 Å². The lowest BCUT2D eigenvalue weighted by molar-refractivity contribution is 0.169. The summed E-state index contributed by atoms with van der Waals surface area (Å²) < 4.78 is 0. The van der Waals surface area contributed by atoms with E-state index >= 15 is 0 Å². The fourth-order valence-corrected chi connectivity index (χ4v) is 2.91. The van der Waals surface area contributed by atoms with Gasteiger partial charge in [-0.1, -0.05) is 54.6 Å². The molecule has 0 fully saturated rings. The van der Waals surface area contributed by atoms with Crippen molar-refractivity contribution in [3.8, 4) is 0 Å². The van der Waals surface area contributed by atoms with Gasteiger partial charge >= 0.3 is 0 Å². The van der Waals surface area contributed by atoms with Gasteiger partial charge in [-0.05, 0) is 29.7 Å². The van der Waals surface area contributed by atoms with Crippen molar-refractivity contribution in [2.24, 2.45) is 0 Å². The average Bonchev–Trinajstić information content (AvgIpc) is 2.61. The van der Waals surface area contributed by atoms with Crippen molar-refractivity contribution < 1.29 is 5.11 Å². The quantitative estimate of drug-likeness (QED) is 0.860. The Balaban J connectivity index is 1.48. The van der Waals surface area contributed by atoms with Crippen molar-refractivity contribution in [1.82, 2.24) is 10.2 Å². The Labute approximate surface area is 138 Å². The number of benzene rings is 2. The minimum absolute atomic E-state index is 0.377. The van der Waals surface area contributed by atoms with Gasteiger partial charge in [0.1, 0.15) is 0 Å². The Bertz CT molecular complexity index is 654. The van der Waals surface area contributed by atoms with Crippen LogP contribution in [0.15, 0.2) is 60.8 Å². The first kappa shape index (κ1) is 15.8. The van der Waals surface area contributed by atoms with Crippen LogP contribution in [-0.4, -0.2) is 29.1 Å². The molecule has 2 atom stereocenters.